The predicted octanol–water partition coefficient (Wildman–Crippen LogP) is 9.08. The van der Waals surface area contributed by atoms with Crippen molar-refractivity contribution in [2.75, 3.05) is 0 Å². The van der Waals surface area contributed by atoms with Crippen LogP contribution in [0.25, 0.3) is 22.3 Å². The normalized spacial score (nSPS) is 13.0. The van der Waals surface area contributed by atoms with Gasteiger partial charge in [0.25, 0.3) is 0 Å². The Morgan fingerprint density at radius 2 is 0.398 bits per heavy atom. The molecule has 0 radical (unpaired) electrons. The first-order valence-electron chi connectivity index (χ1n) is 27.7. The highest BCUT2D eigenvalue weighted by atomic mass is 16.4. The number of rotatable bonds is 12. The Kier molecular flexibility index (Phi) is 15.2. The topological polar surface area (TPSA) is 362 Å². The van der Waals surface area contributed by atoms with Crippen LogP contribution in [0.3, 0.4) is 0 Å². The minimum Gasteiger partial charge on any atom is -0.478 e. The average molecular weight is 1190 g/mol. The van der Waals surface area contributed by atoms with Crippen molar-refractivity contribution in [2.45, 2.75) is 105 Å². The fourth-order valence-electron chi connectivity index (χ4n) is 11.1. The molecule has 0 amide bonds. The summed E-state index contributed by atoms with van der Waals surface area (Å²) >= 11 is 0. The summed E-state index contributed by atoms with van der Waals surface area (Å²) in [5, 5.41) is 89.2. The number of aromatic carboxylic acids is 8. The zero-order chi connectivity index (χ0) is 64.9. The van der Waals surface area contributed by atoms with E-state index in [1.807, 2.05) is 0 Å². The Labute approximate surface area is 502 Å². The molecule has 0 spiro atoms. The minimum absolute atomic E-state index is 0.0487. The monoisotopic (exact) mass is 1190 g/mol. The lowest BCUT2D eigenvalue weighted by molar-refractivity contribution is 0.0675. The molecule has 0 fully saturated rings. The van der Waals surface area contributed by atoms with Crippen molar-refractivity contribution in [1.29, 1.82) is 0 Å². The fraction of sp³-hybridized carbons (Fsp3) is 0.235. The lowest BCUT2D eigenvalue weighted by atomic mass is 9.81. The summed E-state index contributed by atoms with van der Waals surface area (Å²) in [6.07, 6.45) is 0. The van der Waals surface area contributed by atoms with Gasteiger partial charge in [0.05, 0.1) is 44.5 Å². The number of aromatic amines is 4. The molecule has 88 heavy (non-hydrogen) atoms. The molecule has 0 atom stereocenters. The third-order valence-corrected chi connectivity index (χ3v) is 15.8. The number of fused-ring (bicyclic) bond motifs is 8. The highest BCUT2D eigenvalue weighted by molar-refractivity contribution is 6.09. The lowest BCUT2D eigenvalue weighted by Crippen LogP contribution is -2.24. The molecule has 20 heteroatoms. The van der Waals surface area contributed by atoms with Crippen LogP contribution >= 0.6 is 0 Å². The van der Waals surface area contributed by atoms with E-state index in [1.54, 1.807) is 83.1 Å². The van der Waals surface area contributed by atoms with Crippen LogP contribution in [0.4, 0.5) is 0 Å². The van der Waals surface area contributed by atoms with Gasteiger partial charge >= 0.3 is 47.8 Å². The van der Waals surface area contributed by atoms with Crippen molar-refractivity contribution in [2.24, 2.45) is 0 Å². The second kappa shape index (κ2) is 21.6. The Hall–Kier alpha value is -10.8. The standard InChI is InChI=1S/C68H64N4O16/c1-65(2,3)29-21-33(57(73)74)49(34(22-29)58(75)76)53-41-13-15-43(69-41)54(50-35(59(77)78)23-30(66(4,5)6)24-36(50)60(79)80)45-17-19-47(71-45)56(52-39(63(85)86)27-32(68(10,11)12)28-40(52)64(87)88)48-20-18-46(72-48)55(44-16-14-42(53)70-44)51-37(61(81)82)25-31(67(7,8)9)26-38(51)62(83)84/h13-28,69-72H,1-12H3,(H,73,74)(H,75,76)(H,77,78)(H,79,80)(H,81,82)(H,83,84)(H,85,86)(H,87,88). The highest BCUT2D eigenvalue weighted by Gasteiger charge is 2.35. The van der Waals surface area contributed by atoms with Crippen LogP contribution in [0.1, 0.15) is 233 Å². The molecule has 0 saturated heterocycles. The molecule has 0 saturated carbocycles. The van der Waals surface area contributed by atoms with E-state index < -0.39 is 114 Å². The molecule has 12 N–H and O–H groups in total. The smallest absolute Gasteiger partial charge is 0.336 e. The van der Waals surface area contributed by atoms with E-state index in [2.05, 4.69) is 19.9 Å². The van der Waals surface area contributed by atoms with Crippen molar-refractivity contribution >= 4 is 70.0 Å². The summed E-state index contributed by atoms with van der Waals surface area (Å²) in [5.74, 6) is -12.4. The van der Waals surface area contributed by atoms with Crippen molar-refractivity contribution in [3.05, 3.63) is 230 Å². The molecule has 0 aliphatic carbocycles. The van der Waals surface area contributed by atoms with Crippen LogP contribution in [0.15, 0.2) is 97.1 Å². The quantitative estimate of drug-likeness (QED) is 0.0542. The number of carboxylic acid groups (broad SMARTS) is 8. The number of aromatic nitrogens is 4. The van der Waals surface area contributed by atoms with Crippen LogP contribution in [-0.4, -0.2) is 109 Å². The van der Waals surface area contributed by atoms with Crippen LogP contribution in [-0.2, 0) is 21.7 Å². The van der Waals surface area contributed by atoms with Gasteiger partial charge in [0.15, 0.2) is 0 Å². The van der Waals surface area contributed by atoms with E-state index in [1.165, 1.54) is 97.1 Å². The summed E-state index contributed by atoms with van der Waals surface area (Å²) in [6, 6.07) is 22.1. The first-order valence-corrected chi connectivity index (χ1v) is 27.7. The zero-order valence-corrected chi connectivity index (χ0v) is 50.1. The maximum Gasteiger partial charge on any atom is 0.336 e. The van der Waals surface area contributed by atoms with Gasteiger partial charge in [-0.05, 0) is 141 Å². The molecule has 5 heterocycles. The Morgan fingerprint density at radius 3 is 0.523 bits per heavy atom. The molecular formula is C68H64N4O16. The molecule has 20 nitrogen and oxygen atoms in total. The van der Waals surface area contributed by atoms with Crippen molar-refractivity contribution < 1.29 is 79.2 Å². The number of nitrogens with one attached hydrogen (secondary N) is 4. The molecule has 8 aromatic rings. The molecule has 452 valence electrons. The summed E-state index contributed by atoms with van der Waals surface area (Å²) in [6.45, 7) is 21.1. The van der Waals surface area contributed by atoms with Gasteiger partial charge in [-0.2, -0.15) is 0 Å². The highest BCUT2D eigenvalue weighted by Crippen LogP contribution is 2.40. The number of carbonyl (C=O) groups is 8. The van der Waals surface area contributed by atoms with Gasteiger partial charge in [0.2, 0.25) is 0 Å². The molecule has 9 rings (SSSR count). The van der Waals surface area contributed by atoms with Crippen molar-refractivity contribution in [3.63, 3.8) is 0 Å². The first kappa shape index (κ1) is 61.8. The predicted molar refractivity (Wildman–Crippen MR) is 324 cm³/mol. The molecular weight excluding hydrogens is 1130 g/mol. The maximum atomic E-state index is 13.8. The van der Waals surface area contributed by atoms with Crippen LogP contribution < -0.4 is 21.4 Å². The van der Waals surface area contributed by atoms with Gasteiger partial charge < -0.3 is 60.8 Å². The summed E-state index contributed by atoms with van der Waals surface area (Å²) in [5.41, 5.74) is -8.08. The molecule has 4 aromatic heterocycles. The first-order chi connectivity index (χ1) is 40.8. The summed E-state index contributed by atoms with van der Waals surface area (Å²) in [7, 11) is 0. The molecule has 1 aliphatic heterocycles. The number of carboxylic acids is 8. The number of benzene rings is 4. The summed E-state index contributed by atoms with van der Waals surface area (Å²) < 4.78 is 0. The molecule has 1 aliphatic rings. The van der Waals surface area contributed by atoms with Crippen molar-refractivity contribution in [1.82, 2.24) is 19.9 Å². The Balaban J connectivity index is 1.63. The van der Waals surface area contributed by atoms with E-state index in [9.17, 15) is 79.2 Å². The SMILES string of the molecule is CC(C)(C)c1cc(C(=O)O)c(C2=c3ccc([nH]3)=C(c3c(C(=O)O)cc(C(C)(C)C)cc3C(=O)O)c3ccc([nH]3)C(c3c(C(=O)O)cc(C(C)(C)C)cc3C(=O)O)=c3ccc([nH]3)=C(c3c(C(=O)O)cc(C(C)(C)C)cc3C(=O)O)c3ccc2[nH]3)c(C(=O)O)c1. The van der Waals surface area contributed by atoms with E-state index >= 15 is 0 Å². The van der Waals surface area contributed by atoms with E-state index in [-0.39, 0.29) is 88.7 Å². The van der Waals surface area contributed by atoms with Crippen LogP contribution in [0.2, 0.25) is 0 Å². The summed E-state index contributed by atoms with van der Waals surface area (Å²) in [4.78, 5) is 123. The second-order valence-corrected chi connectivity index (χ2v) is 25.9. The zero-order valence-electron chi connectivity index (χ0n) is 50.1. The van der Waals surface area contributed by atoms with E-state index in [0.717, 1.165) is 0 Å². The minimum atomic E-state index is -1.55. The molecule has 4 aromatic carbocycles. The van der Waals surface area contributed by atoms with Gasteiger partial charge in [-0.15, -0.1) is 0 Å². The maximum absolute atomic E-state index is 13.8. The molecule has 0 unspecified atom stereocenters. The van der Waals surface area contributed by atoms with Crippen LogP contribution in [0.5, 0.6) is 0 Å². The van der Waals surface area contributed by atoms with E-state index in [4.69, 9.17) is 0 Å². The fourth-order valence-corrected chi connectivity index (χ4v) is 11.1. The lowest BCUT2D eigenvalue weighted by Gasteiger charge is -2.23. The third-order valence-electron chi connectivity index (χ3n) is 15.8. The van der Waals surface area contributed by atoms with Gasteiger partial charge in [0, 0.05) is 88.7 Å². The Bertz CT molecular complexity index is 3960. The molecule has 8 bridgehead atoms. The van der Waals surface area contributed by atoms with Gasteiger partial charge in [0.1, 0.15) is 0 Å². The van der Waals surface area contributed by atoms with Gasteiger partial charge in [-0.3, -0.25) is 0 Å². The number of hydrogen-bond acceptors (Lipinski definition) is 8. The van der Waals surface area contributed by atoms with Gasteiger partial charge in [-0.1, -0.05) is 83.1 Å². The van der Waals surface area contributed by atoms with E-state index in [0.29, 0.717) is 22.3 Å². The Morgan fingerprint density at radius 1 is 0.250 bits per heavy atom. The second-order valence-electron chi connectivity index (χ2n) is 25.9. The van der Waals surface area contributed by atoms with Crippen LogP contribution in [0, 0.1) is 0 Å². The number of H-pyrrole nitrogens is 4. The largest absolute Gasteiger partial charge is 0.478 e. The van der Waals surface area contributed by atoms with Gasteiger partial charge in [-0.25, -0.2) is 38.4 Å². The average Bonchev–Trinajstić information content (AvgIpc) is 1.58. The van der Waals surface area contributed by atoms with Crippen molar-refractivity contribution in [3.8, 4) is 0 Å². The number of hydrogen-bond donors (Lipinski definition) is 12. The third kappa shape index (κ3) is 11.1.